The van der Waals surface area contributed by atoms with Crippen molar-refractivity contribution < 1.29 is 9.66 Å². The fraction of sp³-hybridized carbons (Fsp3) is 0.160. The number of benzene rings is 3. The molecule has 0 unspecified atom stereocenters. The molecule has 1 heterocycles. The Hall–Kier alpha value is -3.27. The molecule has 4 aromatic rings. The minimum atomic E-state index is -0.516. The Balaban J connectivity index is 1.77. The van der Waals surface area contributed by atoms with Gasteiger partial charge >= 0.3 is 0 Å². The number of halogens is 3. The first kappa shape index (κ1) is 25.8. The minimum absolute atomic E-state index is 0.0946. The van der Waals surface area contributed by atoms with Crippen LogP contribution in [0.3, 0.4) is 0 Å². The molecule has 0 radical (unpaired) electrons. The quantitative estimate of drug-likeness (QED) is 0.132. The van der Waals surface area contributed by atoms with Crippen molar-refractivity contribution in [1.29, 1.82) is 0 Å². The van der Waals surface area contributed by atoms with E-state index in [1.54, 1.807) is 30.3 Å². The van der Waals surface area contributed by atoms with Crippen LogP contribution in [0.15, 0.2) is 69.0 Å². The van der Waals surface area contributed by atoms with Crippen LogP contribution in [0.4, 0.5) is 5.69 Å². The number of ether oxygens (including phenoxy) is 1. The Morgan fingerprint density at radius 3 is 2.64 bits per heavy atom. The number of rotatable bonds is 7. The van der Waals surface area contributed by atoms with E-state index in [1.165, 1.54) is 29.1 Å². The predicted molar refractivity (Wildman–Crippen MR) is 145 cm³/mol. The van der Waals surface area contributed by atoms with Crippen molar-refractivity contribution in [2.24, 2.45) is 5.10 Å². The van der Waals surface area contributed by atoms with Crippen molar-refractivity contribution in [3.05, 3.63) is 107 Å². The number of aromatic nitrogens is 2. The maximum Gasteiger partial charge on any atom is 0.282 e. The smallest absolute Gasteiger partial charge is 0.282 e. The molecule has 36 heavy (non-hydrogen) atoms. The van der Waals surface area contributed by atoms with Gasteiger partial charge in [0.05, 0.1) is 22.0 Å². The number of hydrogen-bond donors (Lipinski definition) is 0. The summed E-state index contributed by atoms with van der Waals surface area (Å²) < 4.78 is 7.85. The van der Waals surface area contributed by atoms with Gasteiger partial charge in [-0.25, -0.2) is 4.98 Å². The van der Waals surface area contributed by atoms with Crippen molar-refractivity contribution in [2.75, 3.05) is 0 Å². The van der Waals surface area contributed by atoms with Gasteiger partial charge in [-0.15, -0.1) is 0 Å². The van der Waals surface area contributed by atoms with Crippen molar-refractivity contribution in [3.63, 3.8) is 0 Å². The van der Waals surface area contributed by atoms with Crippen LogP contribution in [0.25, 0.3) is 10.9 Å². The Bertz CT molecular complexity index is 1570. The zero-order chi connectivity index (χ0) is 26.0. The molecule has 0 N–H and O–H groups in total. The zero-order valence-corrected chi connectivity index (χ0v) is 22.2. The van der Waals surface area contributed by atoms with Crippen LogP contribution in [0.5, 0.6) is 5.75 Å². The Morgan fingerprint density at radius 2 is 1.94 bits per heavy atom. The second-order valence-corrected chi connectivity index (χ2v) is 9.91. The lowest BCUT2D eigenvalue weighted by Crippen LogP contribution is -2.23. The zero-order valence-electron chi connectivity index (χ0n) is 19.1. The summed E-state index contributed by atoms with van der Waals surface area (Å²) >= 11 is 15.6. The van der Waals surface area contributed by atoms with Crippen LogP contribution in [-0.4, -0.2) is 20.8 Å². The third kappa shape index (κ3) is 5.59. The highest BCUT2D eigenvalue weighted by molar-refractivity contribution is 9.10. The van der Waals surface area contributed by atoms with Gasteiger partial charge < -0.3 is 4.74 Å². The van der Waals surface area contributed by atoms with Crippen LogP contribution < -0.4 is 10.3 Å². The molecule has 0 saturated heterocycles. The second kappa shape index (κ2) is 10.8. The monoisotopic (exact) mass is 588 g/mol. The molecule has 0 spiro atoms. The fourth-order valence-electron chi connectivity index (χ4n) is 3.45. The highest BCUT2D eigenvalue weighted by Crippen LogP contribution is 2.27. The molecule has 184 valence electrons. The fourth-order valence-corrected chi connectivity index (χ4v) is 4.27. The van der Waals surface area contributed by atoms with E-state index in [4.69, 9.17) is 27.9 Å². The van der Waals surface area contributed by atoms with Gasteiger partial charge in [0.15, 0.2) is 0 Å². The lowest BCUT2D eigenvalue weighted by atomic mass is 10.1. The van der Waals surface area contributed by atoms with Gasteiger partial charge in [0, 0.05) is 43.7 Å². The summed E-state index contributed by atoms with van der Waals surface area (Å²) in [5.41, 5.74) is 1.04. The van der Waals surface area contributed by atoms with E-state index in [-0.39, 0.29) is 23.8 Å². The SMILES string of the molecule is CC(C)c1nc2ccc(Br)cc2c(=O)n1N=Cc1cc([N+](=O)[O-])ccc1OCc1ccc(Cl)cc1Cl. The van der Waals surface area contributed by atoms with E-state index < -0.39 is 4.92 Å². The van der Waals surface area contributed by atoms with E-state index in [0.717, 1.165) is 4.47 Å². The first-order valence-electron chi connectivity index (χ1n) is 10.8. The first-order valence-corrected chi connectivity index (χ1v) is 12.3. The number of hydrogen-bond acceptors (Lipinski definition) is 6. The molecule has 0 aliphatic carbocycles. The van der Waals surface area contributed by atoms with Crippen LogP contribution >= 0.6 is 39.1 Å². The molecular formula is C25H19BrCl2N4O4. The number of fused-ring (bicyclic) bond motifs is 1. The largest absolute Gasteiger partial charge is 0.488 e. The van der Waals surface area contributed by atoms with Crippen molar-refractivity contribution in [1.82, 2.24) is 9.66 Å². The first-order chi connectivity index (χ1) is 17.1. The summed E-state index contributed by atoms with van der Waals surface area (Å²) in [7, 11) is 0. The lowest BCUT2D eigenvalue weighted by molar-refractivity contribution is -0.384. The van der Waals surface area contributed by atoms with Gasteiger partial charge in [0.25, 0.3) is 11.2 Å². The van der Waals surface area contributed by atoms with E-state index in [2.05, 4.69) is 26.0 Å². The molecule has 3 aromatic carbocycles. The molecule has 0 aliphatic heterocycles. The van der Waals surface area contributed by atoms with Gasteiger partial charge in [-0.3, -0.25) is 14.9 Å². The van der Waals surface area contributed by atoms with Crippen molar-refractivity contribution in [3.8, 4) is 5.75 Å². The Morgan fingerprint density at radius 1 is 1.17 bits per heavy atom. The van der Waals surface area contributed by atoms with E-state index >= 15 is 0 Å². The van der Waals surface area contributed by atoms with Crippen molar-refractivity contribution in [2.45, 2.75) is 26.4 Å². The average molecular weight is 590 g/mol. The Labute approximate surface area is 224 Å². The van der Waals surface area contributed by atoms with Gasteiger partial charge in [-0.05, 0) is 36.4 Å². The standard InChI is InChI=1S/C25H19BrCl2N4O4/c1-14(2)24-30-22-7-4-17(26)10-20(22)25(33)31(24)29-12-16-9-19(32(34)35)6-8-23(16)36-13-15-3-5-18(27)11-21(15)28/h3-12,14H,13H2,1-2H3. The van der Waals surface area contributed by atoms with Crippen molar-refractivity contribution >= 4 is 61.9 Å². The predicted octanol–water partition coefficient (Wildman–Crippen LogP) is 6.96. The van der Waals surface area contributed by atoms with Gasteiger partial charge in [0.1, 0.15) is 18.2 Å². The van der Waals surface area contributed by atoms with Crippen LogP contribution in [0.1, 0.15) is 36.7 Å². The molecule has 0 atom stereocenters. The highest BCUT2D eigenvalue weighted by atomic mass is 79.9. The minimum Gasteiger partial charge on any atom is -0.488 e. The number of nitrogens with zero attached hydrogens (tertiary/aromatic N) is 4. The third-order valence-corrected chi connectivity index (χ3v) is 6.34. The molecule has 0 saturated carbocycles. The van der Waals surface area contributed by atoms with Gasteiger partial charge in [0.2, 0.25) is 0 Å². The summed E-state index contributed by atoms with van der Waals surface area (Å²) in [5, 5.41) is 17.1. The number of nitro groups is 1. The van der Waals surface area contributed by atoms with Gasteiger partial charge in [-0.2, -0.15) is 9.78 Å². The molecule has 8 nitrogen and oxygen atoms in total. The van der Waals surface area contributed by atoms with Gasteiger partial charge in [-0.1, -0.05) is 59.0 Å². The van der Waals surface area contributed by atoms with E-state index in [1.807, 2.05) is 19.9 Å². The third-order valence-electron chi connectivity index (χ3n) is 5.26. The summed E-state index contributed by atoms with van der Waals surface area (Å²) in [5.74, 6) is 0.661. The molecular weight excluding hydrogens is 571 g/mol. The Kier molecular flexibility index (Phi) is 7.73. The molecule has 0 fully saturated rings. The molecule has 0 amide bonds. The molecule has 0 aliphatic rings. The second-order valence-electron chi connectivity index (χ2n) is 8.15. The summed E-state index contributed by atoms with van der Waals surface area (Å²) in [6, 6.07) is 14.4. The highest BCUT2D eigenvalue weighted by Gasteiger charge is 2.16. The summed E-state index contributed by atoms with van der Waals surface area (Å²) in [6.45, 7) is 3.89. The lowest BCUT2D eigenvalue weighted by Gasteiger charge is -2.13. The molecule has 11 heteroatoms. The van der Waals surface area contributed by atoms with E-state index in [9.17, 15) is 14.9 Å². The molecule has 0 bridgehead atoms. The maximum atomic E-state index is 13.3. The van der Waals surface area contributed by atoms with Crippen LogP contribution in [0.2, 0.25) is 10.0 Å². The van der Waals surface area contributed by atoms with Crippen LogP contribution in [0, 0.1) is 10.1 Å². The number of nitro benzene ring substituents is 1. The maximum absolute atomic E-state index is 13.3. The average Bonchev–Trinajstić information content (AvgIpc) is 2.83. The topological polar surface area (TPSA) is 99.6 Å². The van der Waals surface area contributed by atoms with Crippen LogP contribution in [-0.2, 0) is 6.61 Å². The van der Waals surface area contributed by atoms with E-state index in [0.29, 0.717) is 43.6 Å². The molecule has 4 rings (SSSR count). The summed E-state index contributed by atoms with van der Waals surface area (Å²) in [4.78, 5) is 28.8. The molecule has 1 aromatic heterocycles. The normalized spacial score (nSPS) is 11.5. The number of non-ortho nitro benzene ring substituents is 1. The summed E-state index contributed by atoms with van der Waals surface area (Å²) in [6.07, 6.45) is 1.35.